The van der Waals surface area contributed by atoms with Crippen LogP contribution in [0.1, 0.15) is 22.3 Å². The maximum Gasteiger partial charge on any atom is 0.256 e. The van der Waals surface area contributed by atoms with Crippen LogP contribution in [0.2, 0.25) is 0 Å². The Morgan fingerprint density at radius 2 is 1.81 bits per heavy atom. The third-order valence-corrected chi connectivity index (χ3v) is 4.39. The van der Waals surface area contributed by atoms with E-state index in [0.717, 1.165) is 30.9 Å². The molecular formula is C20H17FN4O. The van der Waals surface area contributed by atoms with Crippen molar-refractivity contribution in [1.29, 1.82) is 0 Å². The number of benzene rings is 2. The number of anilines is 3. The molecule has 0 radical (unpaired) electrons. The first-order valence-electron chi connectivity index (χ1n) is 8.47. The van der Waals surface area contributed by atoms with Gasteiger partial charge in [0.1, 0.15) is 5.82 Å². The van der Waals surface area contributed by atoms with Crippen LogP contribution >= 0.6 is 0 Å². The number of carbonyl (C=O) groups excluding carboxylic acids is 1. The summed E-state index contributed by atoms with van der Waals surface area (Å²) in [6.07, 6.45) is 2.12. The minimum Gasteiger partial charge on any atom is -0.325 e. The van der Waals surface area contributed by atoms with Gasteiger partial charge in [-0.05, 0) is 60.9 Å². The second kappa shape index (κ2) is 6.92. The van der Waals surface area contributed by atoms with E-state index in [0.29, 0.717) is 11.4 Å². The third-order valence-electron chi connectivity index (χ3n) is 4.39. The van der Waals surface area contributed by atoms with Gasteiger partial charge in [-0.15, -0.1) is 10.2 Å². The molecule has 0 fully saturated rings. The van der Waals surface area contributed by atoms with E-state index in [4.69, 9.17) is 0 Å². The minimum absolute atomic E-state index is 0.352. The Morgan fingerprint density at radius 3 is 2.58 bits per heavy atom. The summed E-state index contributed by atoms with van der Waals surface area (Å²) in [5, 5.41) is 11.0. The number of fused-ring (bicyclic) bond motifs is 1. The van der Waals surface area contributed by atoms with Crippen LogP contribution in [0.4, 0.5) is 21.7 Å². The molecule has 5 nitrogen and oxygen atoms in total. The number of halogens is 1. The van der Waals surface area contributed by atoms with Crippen molar-refractivity contribution in [3.63, 3.8) is 0 Å². The van der Waals surface area contributed by atoms with Crippen molar-refractivity contribution in [2.75, 3.05) is 16.8 Å². The van der Waals surface area contributed by atoms with Gasteiger partial charge in [0, 0.05) is 17.8 Å². The van der Waals surface area contributed by atoms with Crippen LogP contribution in [0, 0.1) is 5.82 Å². The summed E-state index contributed by atoms with van der Waals surface area (Å²) in [5.74, 6) is 0.369. The second-order valence-electron chi connectivity index (χ2n) is 6.12. The van der Waals surface area contributed by atoms with E-state index in [1.54, 1.807) is 6.07 Å². The summed E-state index contributed by atoms with van der Waals surface area (Å²) in [4.78, 5) is 14.3. The summed E-state index contributed by atoms with van der Waals surface area (Å²) in [6.45, 7) is 0.882. The smallest absolute Gasteiger partial charge is 0.256 e. The third kappa shape index (κ3) is 3.26. The summed E-state index contributed by atoms with van der Waals surface area (Å²) in [5.41, 5.74) is 2.81. The molecule has 1 aliphatic heterocycles. The Kier molecular flexibility index (Phi) is 4.31. The molecule has 0 spiro atoms. The highest BCUT2D eigenvalue weighted by Gasteiger charge is 2.19. The van der Waals surface area contributed by atoms with Crippen molar-refractivity contribution in [2.45, 2.75) is 12.8 Å². The first kappa shape index (κ1) is 16.2. The number of amides is 1. The number of para-hydroxylation sites is 1. The van der Waals surface area contributed by atoms with Gasteiger partial charge in [-0.25, -0.2) is 4.39 Å². The molecule has 1 amide bonds. The molecule has 2 heterocycles. The Balaban J connectivity index is 1.51. The van der Waals surface area contributed by atoms with E-state index >= 15 is 0 Å². The molecule has 3 aromatic rings. The Bertz CT molecular complexity index is 925. The van der Waals surface area contributed by atoms with Crippen LogP contribution < -0.4 is 10.2 Å². The molecule has 0 saturated carbocycles. The van der Waals surface area contributed by atoms with Crippen molar-refractivity contribution >= 4 is 23.2 Å². The summed E-state index contributed by atoms with van der Waals surface area (Å²) < 4.78 is 12.9. The van der Waals surface area contributed by atoms with Crippen molar-refractivity contribution in [3.05, 3.63) is 77.6 Å². The highest BCUT2D eigenvalue weighted by molar-refractivity contribution is 6.03. The number of carbonyl (C=O) groups is 1. The van der Waals surface area contributed by atoms with Gasteiger partial charge in [-0.2, -0.15) is 0 Å². The van der Waals surface area contributed by atoms with E-state index in [9.17, 15) is 9.18 Å². The topological polar surface area (TPSA) is 58.1 Å². The maximum absolute atomic E-state index is 12.9. The molecule has 2 aromatic carbocycles. The van der Waals surface area contributed by atoms with Crippen LogP contribution in [0.5, 0.6) is 0 Å². The van der Waals surface area contributed by atoms with Crippen molar-refractivity contribution in [3.8, 4) is 0 Å². The summed E-state index contributed by atoms with van der Waals surface area (Å²) >= 11 is 0. The van der Waals surface area contributed by atoms with Gasteiger partial charge >= 0.3 is 0 Å². The molecule has 130 valence electrons. The lowest BCUT2D eigenvalue weighted by atomic mass is 10.0. The Morgan fingerprint density at radius 1 is 1.00 bits per heavy atom. The molecule has 26 heavy (non-hydrogen) atoms. The quantitative estimate of drug-likeness (QED) is 0.779. The number of rotatable bonds is 3. The molecule has 1 N–H and O–H groups in total. The molecule has 0 atom stereocenters. The number of aryl methyl sites for hydroxylation is 1. The Labute approximate surface area is 150 Å². The maximum atomic E-state index is 12.9. The van der Waals surface area contributed by atoms with Gasteiger partial charge < -0.3 is 10.2 Å². The number of nitrogens with one attached hydrogen (secondary N) is 1. The van der Waals surface area contributed by atoms with E-state index in [-0.39, 0.29) is 11.7 Å². The fourth-order valence-corrected chi connectivity index (χ4v) is 3.10. The van der Waals surface area contributed by atoms with Gasteiger partial charge in [0.15, 0.2) is 11.6 Å². The minimum atomic E-state index is -0.382. The van der Waals surface area contributed by atoms with Gasteiger partial charge in [0.05, 0.1) is 0 Å². The fourth-order valence-electron chi connectivity index (χ4n) is 3.10. The molecule has 0 aliphatic carbocycles. The number of hydrogen-bond donors (Lipinski definition) is 1. The van der Waals surface area contributed by atoms with E-state index in [1.165, 1.54) is 29.8 Å². The molecular weight excluding hydrogens is 331 g/mol. The zero-order valence-corrected chi connectivity index (χ0v) is 14.0. The Hall–Kier alpha value is -3.28. The van der Waals surface area contributed by atoms with Crippen molar-refractivity contribution in [1.82, 2.24) is 10.2 Å². The lowest BCUT2D eigenvalue weighted by Crippen LogP contribution is -2.25. The summed E-state index contributed by atoms with van der Waals surface area (Å²) in [6, 6.07) is 17.2. The normalized spacial score (nSPS) is 13.2. The van der Waals surface area contributed by atoms with E-state index in [1.807, 2.05) is 18.2 Å². The average Bonchev–Trinajstić information content (AvgIpc) is 2.69. The van der Waals surface area contributed by atoms with Crippen LogP contribution in [-0.2, 0) is 6.42 Å². The van der Waals surface area contributed by atoms with Gasteiger partial charge in [-0.1, -0.05) is 18.2 Å². The highest BCUT2D eigenvalue weighted by atomic mass is 19.1. The molecule has 0 bridgehead atoms. The molecule has 6 heteroatoms. The van der Waals surface area contributed by atoms with Gasteiger partial charge in [-0.3, -0.25) is 4.79 Å². The summed E-state index contributed by atoms with van der Waals surface area (Å²) in [7, 11) is 0. The molecule has 4 rings (SSSR count). The van der Waals surface area contributed by atoms with Crippen LogP contribution in [0.3, 0.4) is 0 Å². The molecule has 0 saturated heterocycles. The predicted molar refractivity (Wildman–Crippen MR) is 98.2 cm³/mol. The highest BCUT2D eigenvalue weighted by Crippen LogP contribution is 2.31. The van der Waals surface area contributed by atoms with Gasteiger partial charge in [0.25, 0.3) is 5.91 Å². The largest absolute Gasteiger partial charge is 0.325 e. The van der Waals surface area contributed by atoms with Crippen molar-refractivity contribution < 1.29 is 9.18 Å². The number of hydrogen-bond acceptors (Lipinski definition) is 4. The lowest BCUT2D eigenvalue weighted by Gasteiger charge is -2.29. The van der Waals surface area contributed by atoms with Crippen molar-refractivity contribution in [2.24, 2.45) is 0 Å². The fraction of sp³-hybridized carbons (Fsp3) is 0.150. The SMILES string of the molecule is O=C(Nc1ccc(N2CCCc3ccccc32)nn1)c1ccc(F)cc1. The van der Waals surface area contributed by atoms with Crippen LogP contribution in [0.25, 0.3) is 0 Å². The lowest BCUT2D eigenvalue weighted by molar-refractivity contribution is 0.102. The van der Waals surface area contributed by atoms with Gasteiger partial charge in [0.2, 0.25) is 0 Å². The van der Waals surface area contributed by atoms with E-state index < -0.39 is 0 Å². The number of nitrogens with zero attached hydrogens (tertiary/aromatic N) is 3. The molecule has 0 unspecified atom stereocenters. The van der Waals surface area contributed by atoms with Crippen LogP contribution in [-0.4, -0.2) is 22.6 Å². The number of aromatic nitrogens is 2. The standard InChI is InChI=1S/C20H17FN4O/c21-16-9-7-15(8-10-16)20(26)22-18-11-12-19(24-23-18)25-13-3-5-14-4-1-2-6-17(14)25/h1-2,4,6-12H,3,5,13H2,(H,22,23,26). The zero-order valence-electron chi connectivity index (χ0n) is 14.0. The first-order valence-corrected chi connectivity index (χ1v) is 8.47. The predicted octanol–water partition coefficient (Wildman–Crippen LogP) is 3.95. The molecule has 1 aliphatic rings. The van der Waals surface area contributed by atoms with E-state index in [2.05, 4.69) is 32.5 Å². The second-order valence-corrected chi connectivity index (χ2v) is 6.12. The molecule has 1 aromatic heterocycles. The van der Waals surface area contributed by atoms with Crippen LogP contribution in [0.15, 0.2) is 60.7 Å². The average molecular weight is 348 g/mol. The zero-order chi connectivity index (χ0) is 17.9. The monoisotopic (exact) mass is 348 g/mol. The first-order chi connectivity index (χ1) is 12.7.